The van der Waals surface area contributed by atoms with Gasteiger partial charge in [-0.3, -0.25) is 4.79 Å². The lowest BCUT2D eigenvalue weighted by atomic mass is 9.99. The summed E-state index contributed by atoms with van der Waals surface area (Å²) in [5.41, 5.74) is 0. The SMILES string of the molecule is CCC(C)C(NC(=O)CCOC1CCNCC1)C(=O)O. The highest BCUT2D eigenvalue weighted by Crippen LogP contribution is 2.09. The van der Waals surface area contributed by atoms with Crippen LogP contribution in [0.25, 0.3) is 0 Å². The van der Waals surface area contributed by atoms with Crippen LogP contribution in [0.3, 0.4) is 0 Å². The number of aliphatic carboxylic acids is 1. The van der Waals surface area contributed by atoms with Crippen molar-refractivity contribution in [2.45, 2.75) is 51.7 Å². The lowest BCUT2D eigenvalue weighted by Crippen LogP contribution is -2.45. The van der Waals surface area contributed by atoms with Gasteiger partial charge in [-0.15, -0.1) is 0 Å². The lowest BCUT2D eigenvalue weighted by Gasteiger charge is -2.23. The molecule has 6 nitrogen and oxygen atoms in total. The van der Waals surface area contributed by atoms with Gasteiger partial charge in [-0.05, 0) is 31.8 Å². The van der Waals surface area contributed by atoms with Crippen molar-refractivity contribution >= 4 is 11.9 Å². The number of carbonyl (C=O) groups excluding carboxylic acids is 1. The van der Waals surface area contributed by atoms with Crippen molar-refractivity contribution in [1.82, 2.24) is 10.6 Å². The Balaban J connectivity index is 2.25. The first-order valence-corrected chi connectivity index (χ1v) is 7.39. The zero-order valence-electron chi connectivity index (χ0n) is 12.4. The van der Waals surface area contributed by atoms with Crippen LogP contribution >= 0.6 is 0 Å². The molecule has 1 heterocycles. The maximum Gasteiger partial charge on any atom is 0.326 e. The van der Waals surface area contributed by atoms with E-state index in [2.05, 4.69) is 10.6 Å². The van der Waals surface area contributed by atoms with Gasteiger partial charge < -0.3 is 20.5 Å². The average molecular weight is 286 g/mol. The molecule has 1 saturated heterocycles. The summed E-state index contributed by atoms with van der Waals surface area (Å²) in [4.78, 5) is 22.9. The molecule has 2 unspecified atom stereocenters. The molecule has 1 aliphatic rings. The van der Waals surface area contributed by atoms with Gasteiger partial charge in [0.05, 0.1) is 12.7 Å². The molecule has 3 N–H and O–H groups in total. The van der Waals surface area contributed by atoms with Crippen molar-refractivity contribution in [3.05, 3.63) is 0 Å². The summed E-state index contributed by atoms with van der Waals surface area (Å²) in [6.07, 6.45) is 3.07. The van der Waals surface area contributed by atoms with E-state index in [1.54, 1.807) is 0 Å². The number of amides is 1. The molecular weight excluding hydrogens is 260 g/mol. The maximum absolute atomic E-state index is 11.8. The molecule has 20 heavy (non-hydrogen) atoms. The van der Waals surface area contributed by atoms with E-state index in [9.17, 15) is 9.59 Å². The average Bonchev–Trinajstić information content (AvgIpc) is 2.45. The molecule has 6 heteroatoms. The van der Waals surface area contributed by atoms with Crippen LogP contribution in [0.4, 0.5) is 0 Å². The third kappa shape index (κ3) is 5.88. The third-order valence-corrected chi connectivity index (χ3v) is 3.76. The fourth-order valence-corrected chi connectivity index (χ4v) is 2.21. The zero-order valence-corrected chi connectivity index (χ0v) is 12.4. The van der Waals surface area contributed by atoms with E-state index >= 15 is 0 Å². The molecule has 0 bridgehead atoms. The number of carboxylic acid groups (broad SMARTS) is 1. The van der Waals surface area contributed by atoms with E-state index < -0.39 is 12.0 Å². The standard InChI is InChI=1S/C14H26N2O4/c1-3-10(2)13(14(18)19)16-12(17)6-9-20-11-4-7-15-8-5-11/h10-11,13,15H,3-9H2,1-2H3,(H,16,17)(H,18,19). The molecular formula is C14H26N2O4. The van der Waals surface area contributed by atoms with Crippen LogP contribution in [-0.2, 0) is 14.3 Å². The van der Waals surface area contributed by atoms with Gasteiger partial charge in [-0.1, -0.05) is 20.3 Å². The Morgan fingerprint density at radius 1 is 1.40 bits per heavy atom. The van der Waals surface area contributed by atoms with E-state index in [0.29, 0.717) is 13.0 Å². The summed E-state index contributed by atoms with van der Waals surface area (Å²) < 4.78 is 5.63. The van der Waals surface area contributed by atoms with Crippen molar-refractivity contribution in [3.63, 3.8) is 0 Å². The maximum atomic E-state index is 11.8. The van der Waals surface area contributed by atoms with Crippen LogP contribution in [0.15, 0.2) is 0 Å². The van der Waals surface area contributed by atoms with Gasteiger partial charge >= 0.3 is 5.97 Å². The van der Waals surface area contributed by atoms with Crippen LogP contribution in [0.1, 0.15) is 39.5 Å². The second-order valence-electron chi connectivity index (χ2n) is 5.34. The predicted octanol–water partition coefficient (Wildman–Crippen LogP) is 0.761. The summed E-state index contributed by atoms with van der Waals surface area (Å²) in [7, 11) is 0. The first-order chi connectivity index (χ1) is 9.54. The Bertz CT molecular complexity index is 316. The number of nitrogens with one attached hydrogen (secondary N) is 2. The van der Waals surface area contributed by atoms with E-state index in [-0.39, 0.29) is 24.3 Å². The second-order valence-corrected chi connectivity index (χ2v) is 5.34. The van der Waals surface area contributed by atoms with E-state index in [1.807, 2.05) is 13.8 Å². The Hall–Kier alpha value is -1.14. The summed E-state index contributed by atoms with van der Waals surface area (Å²) in [6, 6.07) is -0.814. The number of rotatable bonds is 8. The molecule has 2 atom stereocenters. The van der Waals surface area contributed by atoms with Crippen molar-refractivity contribution in [3.8, 4) is 0 Å². The van der Waals surface area contributed by atoms with E-state index in [0.717, 1.165) is 25.9 Å². The second kappa shape index (κ2) is 8.92. The minimum absolute atomic E-state index is 0.0817. The van der Waals surface area contributed by atoms with E-state index in [4.69, 9.17) is 9.84 Å². The Kier molecular flexibility index (Phi) is 7.54. The highest BCUT2D eigenvalue weighted by molar-refractivity contribution is 5.83. The quantitative estimate of drug-likeness (QED) is 0.613. The van der Waals surface area contributed by atoms with Gasteiger partial charge in [0.15, 0.2) is 0 Å². The first kappa shape index (κ1) is 16.9. The Morgan fingerprint density at radius 2 is 2.05 bits per heavy atom. The molecule has 1 amide bonds. The predicted molar refractivity (Wildman–Crippen MR) is 75.5 cm³/mol. The van der Waals surface area contributed by atoms with Gasteiger partial charge in [0.25, 0.3) is 0 Å². The number of carbonyl (C=O) groups is 2. The van der Waals surface area contributed by atoms with Gasteiger partial charge in [-0.2, -0.15) is 0 Å². The van der Waals surface area contributed by atoms with Crippen LogP contribution in [0.5, 0.6) is 0 Å². The molecule has 0 aliphatic carbocycles. The van der Waals surface area contributed by atoms with Crippen LogP contribution in [0.2, 0.25) is 0 Å². The van der Waals surface area contributed by atoms with Crippen molar-refractivity contribution < 1.29 is 19.4 Å². The molecule has 0 aromatic carbocycles. The third-order valence-electron chi connectivity index (χ3n) is 3.76. The van der Waals surface area contributed by atoms with E-state index in [1.165, 1.54) is 0 Å². The molecule has 1 rings (SSSR count). The van der Waals surface area contributed by atoms with Gasteiger partial charge in [0.2, 0.25) is 5.91 Å². The topological polar surface area (TPSA) is 87.7 Å². The summed E-state index contributed by atoms with van der Waals surface area (Å²) >= 11 is 0. The monoisotopic (exact) mass is 286 g/mol. The minimum Gasteiger partial charge on any atom is -0.480 e. The normalized spacial score (nSPS) is 19.3. The molecule has 0 aromatic rings. The molecule has 0 aromatic heterocycles. The number of ether oxygens (including phenoxy) is 1. The molecule has 0 radical (unpaired) electrons. The van der Waals surface area contributed by atoms with Gasteiger partial charge in [-0.25, -0.2) is 4.79 Å². The van der Waals surface area contributed by atoms with Crippen LogP contribution in [-0.4, -0.2) is 48.8 Å². The number of piperidine rings is 1. The number of hydrogen-bond acceptors (Lipinski definition) is 4. The highest BCUT2D eigenvalue weighted by Gasteiger charge is 2.25. The first-order valence-electron chi connectivity index (χ1n) is 7.39. The fourth-order valence-electron chi connectivity index (χ4n) is 2.21. The highest BCUT2D eigenvalue weighted by atomic mass is 16.5. The summed E-state index contributed by atoms with van der Waals surface area (Å²) in [5.74, 6) is -1.32. The van der Waals surface area contributed by atoms with Crippen LogP contribution in [0, 0.1) is 5.92 Å². The number of carboxylic acids is 1. The van der Waals surface area contributed by atoms with Crippen molar-refractivity contribution in [2.75, 3.05) is 19.7 Å². The van der Waals surface area contributed by atoms with Gasteiger partial charge in [0, 0.05) is 6.42 Å². The zero-order chi connectivity index (χ0) is 15.0. The Morgan fingerprint density at radius 3 is 2.60 bits per heavy atom. The molecule has 0 spiro atoms. The van der Waals surface area contributed by atoms with Gasteiger partial charge in [0.1, 0.15) is 6.04 Å². The fraction of sp³-hybridized carbons (Fsp3) is 0.857. The molecule has 116 valence electrons. The Labute approximate surface area is 120 Å². The largest absolute Gasteiger partial charge is 0.480 e. The van der Waals surface area contributed by atoms with Crippen molar-refractivity contribution in [1.29, 1.82) is 0 Å². The summed E-state index contributed by atoms with van der Waals surface area (Å²) in [6.45, 7) is 5.98. The molecule has 0 saturated carbocycles. The minimum atomic E-state index is -0.980. The number of hydrogen-bond donors (Lipinski definition) is 3. The summed E-state index contributed by atoms with van der Waals surface area (Å²) in [5, 5.41) is 14.9. The lowest BCUT2D eigenvalue weighted by molar-refractivity contribution is -0.143. The molecule has 1 aliphatic heterocycles. The van der Waals surface area contributed by atoms with Crippen LogP contribution < -0.4 is 10.6 Å². The van der Waals surface area contributed by atoms with Crippen molar-refractivity contribution in [2.24, 2.45) is 5.92 Å². The smallest absolute Gasteiger partial charge is 0.326 e. The molecule has 1 fully saturated rings.